The normalized spacial score (nSPS) is 14.3. The number of esters is 1. The summed E-state index contributed by atoms with van der Waals surface area (Å²) in [6, 6.07) is 0. The molecule has 11 heavy (non-hydrogen) atoms. The van der Waals surface area contributed by atoms with Crippen LogP contribution in [-0.2, 0) is 9.53 Å². The van der Waals surface area contributed by atoms with Gasteiger partial charge in [0.25, 0.3) is 0 Å². The molecule has 1 unspecified atom stereocenters. The minimum absolute atomic E-state index is 0.206. The number of ether oxygens (including phenoxy) is 1. The van der Waals surface area contributed by atoms with Gasteiger partial charge in [-0.3, -0.25) is 4.79 Å². The van der Waals surface area contributed by atoms with Crippen LogP contribution >= 0.6 is 12.6 Å². The summed E-state index contributed by atoms with van der Waals surface area (Å²) in [6.45, 7) is 5.63. The first-order valence-electron chi connectivity index (χ1n) is 3.48. The molecule has 0 saturated carbocycles. The Hall–Kier alpha value is -0.220. The average Bonchev–Trinajstić information content (AvgIpc) is 1.82. The summed E-state index contributed by atoms with van der Waals surface area (Å²) in [7, 11) is 0. The number of carbonyl (C=O) groups excluding carboxylic acids is 1. The van der Waals surface area contributed by atoms with Crippen LogP contribution in [0.3, 0.4) is 0 Å². The Balaban J connectivity index is 3.88. The molecule has 2 N–H and O–H groups in total. The van der Waals surface area contributed by atoms with E-state index in [4.69, 9.17) is 10.5 Å². The predicted molar refractivity (Wildman–Crippen MR) is 47.7 cm³/mol. The van der Waals surface area contributed by atoms with Crippen molar-refractivity contribution in [2.45, 2.75) is 31.6 Å². The van der Waals surface area contributed by atoms with Crippen LogP contribution in [0.15, 0.2) is 0 Å². The topological polar surface area (TPSA) is 52.3 Å². The molecular weight excluding hydrogens is 162 g/mol. The van der Waals surface area contributed by atoms with Gasteiger partial charge >= 0.3 is 5.97 Å². The Morgan fingerprint density at radius 2 is 2.09 bits per heavy atom. The largest absolute Gasteiger partial charge is 0.459 e. The van der Waals surface area contributed by atoms with Crippen LogP contribution in [0.25, 0.3) is 0 Å². The Kier molecular flexibility index (Phi) is 3.89. The zero-order valence-corrected chi connectivity index (χ0v) is 8.02. The number of hydrogen-bond acceptors (Lipinski definition) is 4. The van der Waals surface area contributed by atoms with Gasteiger partial charge in [-0.25, -0.2) is 0 Å². The summed E-state index contributed by atoms with van der Waals surface area (Å²) in [5.41, 5.74) is 4.76. The maximum absolute atomic E-state index is 11.0. The van der Waals surface area contributed by atoms with Gasteiger partial charge < -0.3 is 10.5 Å². The van der Waals surface area contributed by atoms with Gasteiger partial charge in [0.15, 0.2) is 0 Å². The fraction of sp³-hybridized carbons (Fsp3) is 0.857. The fourth-order valence-electron chi connectivity index (χ4n) is 0.466. The molecule has 0 aromatic carbocycles. The summed E-state index contributed by atoms with van der Waals surface area (Å²) in [6.07, 6.45) is 0. The standard InChI is InChI=1S/C7H15NO2S/c1-7(2,3)10-6(9)5(11)4-8/h5,11H,4,8H2,1-3H3. The third-order valence-corrected chi connectivity index (χ3v) is 1.32. The monoisotopic (exact) mass is 177 g/mol. The molecule has 0 aliphatic heterocycles. The lowest BCUT2D eigenvalue weighted by atomic mass is 10.2. The van der Waals surface area contributed by atoms with E-state index in [2.05, 4.69) is 12.6 Å². The van der Waals surface area contributed by atoms with E-state index in [0.717, 1.165) is 0 Å². The first-order chi connectivity index (χ1) is 4.87. The zero-order valence-electron chi connectivity index (χ0n) is 7.13. The number of nitrogens with two attached hydrogens (primary N) is 1. The Morgan fingerprint density at radius 3 is 2.36 bits per heavy atom. The van der Waals surface area contributed by atoms with E-state index < -0.39 is 10.9 Å². The van der Waals surface area contributed by atoms with Crippen LogP contribution in [0, 0.1) is 0 Å². The quantitative estimate of drug-likeness (QED) is 0.479. The summed E-state index contributed by atoms with van der Waals surface area (Å²) < 4.78 is 5.00. The zero-order chi connectivity index (χ0) is 9.07. The number of hydrogen-bond donors (Lipinski definition) is 2. The van der Waals surface area contributed by atoms with Gasteiger partial charge in [0.05, 0.1) is 0 Å². The molecule has 1 atom stereocenters. The molecule has 0 spiro atoms. The molecule has 0 amide bonds. The molecule has 0 fully saturated rings. The Bertz CT molecular complexity index is 142. The molecule has 4 heteroatoms. The minimum atomic E-state index is -0.505. The van der Waals surface area contributed by atoms with E-state index in [9.17, 15) is 4.79 Å². The maximum atomic E-state index is 11.0. The molecule has 0 aliphatic carbocycles. The second-order valence-electron chi connectivity index (χ2n) is 3.28. The molecule has 0 aromatic rings. The highest BCUT2D eigenvalue weighted by Crippen LogP contribution is 2.09. The van der Waals surface area contributed by atoms with Crippen LogP contribution < -0.4 is 5.73 Å². The van der Waals surface area contributed by atoms with E-state index in [1.165, 1.54) is 0 Å². The van der Waals surface area contributed by atoms with Crippen LogP contribution in [0.2, 0.25) is 0 Å². The summed E-state index contributed by atoms with van der Waals surface area (Å²) in [5, 5.41) is -0.505. The maximum Gasteiger partial charge on any atom is 0.320 e. The van der Waals surface area contributed by atoms with Crippen molar-refractivity contribution in [3.05, 3.63) is 0 Å². The van der Waals surface area contributed by atoms with E-state index in [0.29, 0.717) is 0 Å². The molecule has 0 radical (unpaired) electrons. The van der Waals surface area contributed by atoms with E-state index in [-0.39, 0.29) is 12.5 Å². The molecule has 0 heterocycles. The average molecular weight is 177 g/mol. The van der Waals surface area contributed by atoms with E-state index in [1.54, 1.807) is 0 Å². The highest BCUT2D eigenvalue weighted by Gasteiger charge is 2.20. The highest BCUT2D eigenvalue weighted by atomic mass is 32.1. The molecule has 0 aliphatic rings. The minimum Gasteiger partial charge on any atom is -0.459 e. The van der Waals surface area contributed by atoms with Gasteiger partial charge in [-0.05, 0) is 20.8 Å². The third kappa shape index (κ3) is 5.09. The van der Waals surface area contributed by atoms with Crippen molar-refractivity contribution in [2.75, 3.05) is 6.54 Å². The second kappa shape index (κ2) is 3.97. The molecule has 0 aromatic heterocycles. The van der Waals surface area contributed by atoms with Crippen molar-refractivity contribution in [2.24, 2.45) is 5.73 Å². The summed E-state index contributed by atoms with van der Waals surface area (Å²) in [5.74, 6) is -0.358. The predicted octanol–water partition coefficient (Wildman–Crippen LogP) is 0.585. The first-order valence-corrected chi connectivity index (χ1v) is 3.99. The Labute approximate surface area is 72.7 Å². The number of rotatable bonds is 2. The van der Waals surface area contributed by atoms with Gasteiger partial charge in [-0.15, -0.1) is 0 Å². The van der Waals surface area contributed by atoms with Gasteiger partial charge in [-0.2, -0.15) is 12.6 Å². The van der Waals surface area contributed by atoms with Crippen LogP contribution in [0.5, 0.6) is 0 Å². The number of carbonyl (C=O) groups is 1. The van der Waals surface area contributed by atoms with Crippen molar-refractivity contribution < 1.29 is 9.53 Å². The summed E-state index contributed by atoms with van der Waals surface area (Å²) in [4.78, 5) is 11.0. The van der Waals surface area contributed by atoms with Crippen molar-refractivity contribution in [1.29, 1.82) is 0 Å². The van der Waals surface area contributed by atoms with Crippen molar-refractivity contribution in [1.82, 2.24) is 0 Å². The van der Waals surface area contributed by atoms with Crippen molar-refractivity contribution >= 4 is 18.6 Å². The van der Waals surface area contributed by atoms with Gasteiger partial charge in [0, 0.05) is 6.54 Å². The van der Waals surface area contributed by atoms with Crippen LogP contribution in [-0.4, -0.2) is 23.4 Å². The van der Waals surface area contributed by atoms with Crippen LogP contribution in [0.4, 0.5) is 0 Å². The smallest absolute Gasteiger partial charge is 0.320 e. The molecule has 0 bridgehead atoms. The van der Waals surface area contributed by atoms with Gasteiger partial charge in [-0.1, -0.05) is 0 Å². The first kappa shape index (κ1) is 10.8. The van der Waals surface area contributed by atoms with E-state index in [1.807, 2.05) is 20.8 Å². The molecule has 0 saturated heterocycles. The number of thiol groups is 1. The van der Waals surface area contributed by atoms with E-state index >= 15 is 0 Å². The lowest BCUT2D eigenvalue weighted by molar-refractivity contribution is -0.153. The lowest BCUT2D eigenvalue weighted by Crippen LogP contribution is -2.33. The molecule has 3 nitrogen and oxygen atoms in total. The van der Waals surface area contributed by atoms with Gasteiger partial charge in [0.2, 0.25) is 0 Å². The second-order valence-corrected chi connectivity index (χ2v) is 3.91. The molecular formula is C7H15NO2S. The molecule has 66 valence electrons. The fourth-order valence-corrected chi connectivity index (χ4v) is 0.519. The van der Waals surface area contributed by atoms with Gasteiger partial charge in [0.1, 0.15) is 10.9 Å². The SMILES string of the molecule is CC(C)(C)OC(=O)C(S)CN. The summed E-state index contributed by atoms with van der Waals surface area (Å²) >= 11 is 3.94. The lowest BCUT2D eigenvalue weighted by Gasteiger charge is -2.21. The van der Waals surface area contributed by atoms with Crippen molar-refractivity contribution in [3.8, 4) is 0 Å². The molecule has 0 rings (SSSR count). The van der Waals surface area contributed by atoms with Crippen LogP contribution in [0.1, 0.15) is 20.8 Å². The highest BCUT2D eigenvalue weighted by molar-refractivity contribution is 7.81. The third-order valence-electron chi connectivity index (χ3n) is 0.902. The van der Waals surface area contributed by atoms with Crippen molar-refractivity contribution in [3.63, 3.8) is 0 Å². The Morgan fingerprint density at radius 1 is 1.64 bits per heavy atom.